The smallest absolute Gasteiger partial charge is 0.251 e. The average Bonchev–Trinajstić information content (AvgIpc) is 2.43. The quantitative estimate of drug-likeness (QED) is 0.772. The fourth-order valence-corrected chi connectivity index (χ4v) is 2.60. The van der Waals surface area contributed by atoms with Gasteiger partial charge in [-0.2, -0.15) is 0 Å². The van der Waals surface area contributed by atoms with Crippen LogP contribution in [0.3, 0.4) is 0 Å². The van der Waals surface area contributed by atoms with E-state index in [1.807, 2.05) is 39.0 Å². The van der Waals surface area contributed by atoms with Crippen molar-refractivity contribution in [1.82, 2.24) is 10.6 Å². The summed E-state index contributed by atoms with van der Waals surface area (Å²) in [5.74, 6) is 0.342. The van der Waals surface area contributed by atoms with Crippen molar-refractivity contribution in [3.63, 3.8) is 0 Å². The Kier molecular flexibility index (Phi) is 7.79. The van der Waals surface area contributed by atoms with Gasteiger partial charge in [0.25, 0.3) is 5.91 Å². The lowest BCUT2D eigenvalue weighted by Gasteiger charge is -2.15. The molecule has 128 valence electrons. The van der Waals surface area contributed by atoms with Crippen molar-refractivity contribution in [3.8, 4) is 0 Å². The second-order valence-corrected chi connectivity index (χ2v) is 6.85. The Balaban J connectivity index is 2.36. The maximum Gasteiger partial charge on any atom is 0.251 e. The summed E-state index contributed by atoms with van der Waals surface area (Å²) < 4.78 is 0. The van der Waals surface area contributed by atoms with E-state index in [2.05, 4.69) is 24.5 Å². The lowest BCUT2D eigenvalue weighted by molar-refractivity contribution is -0.120. The number of hydrogen-bond acceptors (Lipinski definition) is 2. The molecule has 0 aliphatic carbocycles. The summed E-state index contributed by atoms with van der Waals surface area (Å²) in [4.78, 5) is 24.0. The molecule has 0 aromatic heterocycles. The van der Waals surface area contributed by atoms with Gasteiger partial charge in [-0.05, 0) is 45.2 Å². The third-order valence-electron chi connectivity index (χ3n) is 3.72. The van der Waals surface area contributed by atoms with E-state index in [9.17, 15) is 9.59 Å². The van der Waals surface area contributed by atoms with Crippen LogP contribution in [0.2, 0.25) is 0 Å². The van der Waals surface area contributed by atoms with Crippen LogP contribution >= 0.6 is 0 Å². The summed E-state index contributed by atoms with van der Waals surface area (Å²) >= 11 is 0. The molecule has 0 saturated carbocycles. The Morgan fingerprint density at radius 3 is 2.17 bits per heavy atom. The van der Waals surface area contributed by atoms with Gasteiger partial charge in [0.15, 0.2) is 0 Å². The minimum absolute atomic E-state index is 0.0142. The summed E-state index contributed by atoms with van der Waals surface area (Å²) in [6, 6.07) is 5.81. The van der Waals surface area contributed by atoms with Crippen LogP contribution in [0.25, 0.3) is 0 Å². The molecule has 0 radical (unpaired) electrons. The van der Waals surface area contributed by atoms with Crippen LogP contribution in [-0.2, 0) is 4.79 Å². The second kappa shape index (κ2) is 9.33. The van der Waals surface area contributed by atoms with Gasteiger partial charge in [-0.15, -0.1) is 0 Å². The molecule has 0 bridgehead atoms. The zero-order chi connectivity index (χ0) is 17.4. The highest BCUT2D eigenvalue weighted by Gasteiger charge is 2.11. The van der Waals surface area contributed by atoms with Gasteiger partial charge >= 0.3 is 0 Å². The number of amides is 2. The molecular weight excluding hydrogens is 288 g/mol. The zero-order valence-electron chi connectivity index (χ0n) is 15.0. The first-order valence-corrected chi connectivity index (χ1v) is 8.43. The van der Waals surface area contributed by atoms with E-state index < -0.39 is 0 Å². The fourth-order valence-electron chi connectivity index (χ4n) is 2.60. The Hall–Kier alpha value is -1.84. The van der Waals surface area contributed by atoms with Crippen LogP contribution in [-0.4, -0.2) is 24.4 Å². The van der Waals surface area contributed by atoms with Crippen LogP contribution in [0.4, 0.5) is 0 Å². The van der Waals surface area contributed by atoms with Crippen molar-refractivity contribution < 1.29 is 9.59 Å². The monoisotopic (exact) mass is 318 g/mol. The molecule has 0 spiro atoms. The molecule has 0 saturated heterocycles. The van der Waals surface area contributed by atoms with Crippen molar-refractivity contribution >= 4 is 11.8 Å². The Bertz CT molecular complexity index is 518. The van der Waals surface area contributed by atoms with E-state index in [1.54, 1.807) is 0 Å². The van der Waals surface area contributed by atoms with Crippen LogP contribution in [0, 0.1) is 19.8 Å². The number of rotatable bonds is 8. The lowest BCUT2D eigenvalue weighted by Crippen LogP contribution is -2.40. The number of carbonyl (C=O) groups excluding carboxylic acids is 2. The average molecular weight is 318 g/mol. The summed E-state index contributed by atoms with van der Waals surface area (Å²) in [6.07, 6.45) is 3.24. The molecule has 1 aromatic carbocycles. The highest BCUT2D eigenvalue weighted by atomic mass is 16.2. The maximum atomic E-state index is 12.1. The summed E-state index contributed by atoms with van der Waals surface area (Å²) in [5.41, 5.74) is 2.68. The highest BCUT2D eigenvalue weighted by molar-refractivity contribution is 5.96. The van der Waals surface area contributed by atoms with E-state index in [4.69, 9.17) is 0 Å². The summed E-state index contributed by atoms with van der Waals surface area (Å²) in [5, 5.41) is 5.61. The molecule has 23 heavy (non-hydrogen) atoms. The number of hydrogen-bond donors (Lipinski definition) is 2. The van der Waals surface area contributed by atoms with Gasteiger partial charge in [-0.3, -0.25) is 9.59 Å². The highest BCUT2D eigenvalue weighted by Crippen LogP contribution is 2.09. The SMILES string of the molecule is Cc1cc(C)cc(C(=O)NCC(=O)NC(C)CCCC(C)C)c1. The molecule has 0 heterocycles. The number of aryl methyl sites for hydroxylation is 2. The lowest BCUT2D eigenvalue weighted by atomic mass is 10.0. The Morgan fingerprint density at radius 2 is 1.61 bits per heavy atom. The van der Waals surface area contributed by atoms with Crippen LogP contribution in [0.15, 0.2) is 18.2 Å². The number of carbonyl (C=O) groups is 2. The fraction of sp³-hybridized carbons (Fsp3) is 0.579. The number of benzene rings is 1. The molecule has 4 nitrogen and oxygen atoms in total. The van der Waals surface area contributed by atoms with Gasteiger partial charge in [-0.25, -0.2) is 0 Å². The molecule has 1 aromatic rings. The summed E-state index contributed by atoms with van der Waals surface area (Å²) in [7, 11) is 0. The largest absolute Gasteiger partial charge is 0.352 e. The molecule has 4 heteroatoms. The first-order chi connectivity index (χ1) is 10.8. The van der Waals surface area contributed by atoms with Crippen molar-refractivity contribution in [2.75, 3.05) is 6.54 Å². The molecule has 1 rings (SSSR count). The third kappa shape index (κ3) is 7.82. The Morgan fingerprint density at radius 1 is 1.00 bits per heavy atom. The molecule has 1 atom stereocenters. The number of nitrogens with one attached hydrogen (secondary N) is 2. The molecule has 1 unspecified atom stereocenters. The van der Waals surface area contributed by atoms with Gasteiger partial charge in [0.2, 0.25) is 5.91 Å². The zero-order valence-corrected chi connectivity index (χ0v) is 15.0. The van der Waals surface area contributed by atoms with E-state index in [0.717, 1.165) is 24.0 Å². The van der Waals surface area contributed by atoms with Crippen molar-refractivity contribution in [2.24, 2.45) is 5.92 Å². The Labute approximate surface area is 140 Å². The maximum absolute atomic E-state index is 12.1. The molecule has 0 fully saturated rings. The standard InChI is InChI=1S/C19H30N2O2/c1-13(2)7-6-8-16(5)21-18(22)12-20-19(23)17-10-14(3)9-15(4)11-17/h9-11,13,16H,6-8,12H2,1-5H3,(H,20,23)(H,21,22). The molecule has 2 N–H and O–H groups in total. The first-order valence-electron chi connectivity index (χ1n) is 8.43. The van der Waals surface area contributed by atoms with Gasteiger partial charge < -0.3 is 10.6 Å². The molecule has 0 aliphatic rings. The van der Waals surface area contributed by atoms with Gasteiger partial charge in [0, 0.05) is 11.6 Å². The molecular formula is C19H30N2O2. The summed E-state index contributed by atoms with van der Waals surface area (Å²) in [6.45, 7) is 10.3. The van der Waals surface area contributed by atoms with E-state index in [1.165, 1.54) is 6.42 Å². The van der Waals surface area contributed by atoms with Crippen LogP contribution in [0.1, 0.15) is 61.5 Å². The van der Waals surface area contributed by atoms with E-state index >= 15 is 0 Å². The predicted molar refractivity (Wildman–Crippen MR) is 94.5 cm³/mol. The van der Waals surface area contributed by atoms with Crippen molar-refractivity contribution in [2.45, 2.75) is 59.9 Å². The van der Waals surface area contributed by atoms with Crippen molar-refractivity contribution in [3.05, 3.63) is 34.9 Å². The van der Waals surface area contributed by atoms with Crippen LogP contribution in [0.5, 0.6) is 0 Å². The van der Waals surface area contributed by atoms with E-state index in [-0.39, 0.29) is 24.4 Å². The van der Waals surface area contributed by atoms with Gasteiger partial charge in [0.05, 0.1) is 6.54 Å². The second-order valence-electron chi connectivity index (χ2n) is 6.85. The third-order valence-corrected chi connectivity index (χ3v) is 3.72. The predicted octanol–water partition coefficient (Wildman–Crippen LogP) is 3.36. The molecule has 2 amide bonds. The first kappa shape index (κ1) is 19.2. The van der Waals surface area contributed by atoms with Crippen LogP contribution < -0.4 is 10.6 Å². The topological polar surface area (TPSA) is 58.2 Å². The minimum atomic E-state index is -0.209. The normalized spacial score (nSPS) is 12.1. The van der Waals surface area contributed by atoms with E-state index in [0.29, 0.717) is 11.5 Å². The van der Waals surface area contributed by atoms with Crippen molar-refractivity contribution in [1.29, 1.82) is 0 Å². The van der Waals surface area contributed by atoms with Gasteiger partial charge in [0.1, 0.15) is 0 Å². The minimum Gasteiger partial charge on any atom is -0.352 e. The van der Waals surface area contributed by atoms with Gasteiger partial charge in [-0.1, -0.05) is 43.9 Å². The molecule has 0 aliphatic heterocycles.